The molecule has 3 aromatic rings. The summed E-state index contributed by atoms with van der Waals surface area (Å²) < 4.78 is 32.9. The summed E-state index contributed by atoms with van der Waals surface area (Å²) in [6.07, 6.45) is 0. The number of hydrogen-bond acceptors (Lipinski definition) is 6. The summed E-state index contributed by atoms with van der Waals surface area (Å²) in [5.41, 5.74) is 2.69. The van der Waals surface area contributed by atoms with Crippen LogP contribution in [0, 0.1) is 6.92 Å². The van der Waals surface area contributed by atoms with Crippen LogP contribution in [0.1, 0.15) is 12.5 Å². The van der Waals surface area contributed by atoms with Crippen molar-refractivity contribution in [2.45, 2.75) is 18.7 Å². The van der Waals surface area contributed by atoms with Gasteiger partial charge in [-0.25, -0.2) is 8.42 Å². The molecule has 162 valence electrons. The molecule has 0 unspecified atom stereocenters. The number of aryl methyl sites for hydroxylation is 1. The third-order valence-corrected chi connectivity index (χ3v) is 7.20. The number of benzene rings is 2. The van der Waals surface area contributed by atoms with E-state index in [1.807, 2.05) is 56.3 Å². The van der Waals surface area contributed by atoms with E-state index in [-0.39, 0.29) is 0 Å². The summed E-state index contributed by atoms with van der Waals surface area (Å²) in [4.78, 5) is 2.41. The average Bonchev–Trinajstić information content (AvgIpc) is 2.80. The van der Waals surface area contributed by atoms with E-state index in [0.29, 0.717) is 37.7 Å². The lowest BCUT2D eigenvalue weighted by Crippen LogP contribution is -2.49. The van der Waals surface area contributed by atoms with Crippen LogP contribution in [0.15, 0.2) is 65.6 Å². The molecular formula is C23H26N4O3S. The smallest absolute Gasteiger partial charge is 0.243 e. The molecule has 1 aromatic heterocycles. The maximum Gasteiger partial charge on any atom is 0.243 e. The van der Waals surface area contributed by atoms with Crippen molar-refractivity contribution in [2.24, 2.45) is 0 Å². The number of aromatic nitrogens is 2. The van der Waals surface area contributed by atoms with E-state index in [1.54, 1.807) is 22.5 Å². The van der Waals surface area contributed by atoms with Gasteiger partial charge in [0, 0.05) is 31.7 Å². The lowest BCUT2D eigenvalue weighted by molar-refractivity contribution is 0.340. The van der Waals surface area contributed by atoms with Gasteiger partial charge in [-0.1, -0.05) is 12.1 Å². The minimum Gasteiger partial charge on any atom is -0.494 e. The van der Waals surface area contributed by atoms with E-state index in [4.69, 9.17) is 4.74 Å². The second kappa shape index (κ2) is 9.03. The molecule has 31 heavy (non-hydrogen) atoms. The van der Waals surface area contributed by atoms with Crippen molar-refractivity contribution in [1.82, 2.24) is 14.5 Å². The number of nitrogens with zero attached hydrogens (tertiary/aromatic N) is 4. The van der Waals surface area contributed by atoms with E-state index in [9.17, 15) is 8.42 Å². The van der Waals surface area contributed by atoms with Gasteiger partial charge in [0.1, 0.15) is 5.75 Å². The molecular weight excluding hydrogens is 412 g/mol. The van der Waals surface area contributed by atoms with E-state index in [2.05, 4.69) is 15.1 Å². The highest BCUT2D eigenvalue weighted by Crippen LogP contribution is 2.23. The second-order valence-corrected chi connectivity index (χ2v) is 9.38. The fourth-order valence-electron chi connectivity index (χ4n) is 3.62. The van der Waals surface area contributed by atoms with Crippen LogP contribution in [0.25, 0.3) is 11.3 Å². The first kappa shape index (κ1) is 21.3. The van der Waals surface area contributed by atoms with Gasteiger partial charge in [-0.2, -0.15) is 4.31 Å². The maximum atomic E-state index is 12.9. The van der Waals surface area contributed by atoms with Gasteiger partial charge in [-0.05, 0) is 67.9 Å². The Bertz CT molecular complexity index is 1120. The van der Waals surface area contributed by atoms with E-state index in [0.717, 1.165) is 28.4 Å². The molecule has 0 spiro atoms. The zero-order chi connectivity index (χ0) is 21.8. The van der Waals surface area contributed by atoms with Crippen LogP contribution < -0.4 is 9.64 Å². The lowest BCUT2D eigenvalue weighted by atomic mass is 10.1. The van der Waals surface area contributed by atoms with Crippen LogP contribution in [0.4, 0.5) is 5.82 Å². The van der Waals surface area contributed by atoms with Crippen molar-refractivity contribution in [3.63, 3.8) is 0 Å². The molecule has 1 aliphatic heterocycles. The predicted molar refractivity (Wildman–Crippen MR) is 121 cm³/mol. The average molecular weight is 439 g/mol. The number of sulfonamides is 1. The molecule has 7 nitrogen and oxygen atoms in total. The molecule has 0 N–H and O–H groups in total. The summed E-state index contributed by atoms with van der Waals surface area (Å²) in [5.74, 6) is 1.58. The zero-order valence-electron chi connectivity index (χ0n) is 17.7. The topological polar surface area (TPSA) is 75.6 Å². The molecule has 1 saturated heterocycles. The SMILES string of the molecule is CCOc1ccc(-c2ccc(N3CCN(S(=O)(=O)c4cccc(C)c4)CC3)nn2)cc1. The summed E-state index contributed by atoms with van der Waals surface area (Å²) in [6.45, 7) is 6.46. The third-order valence-electron chi connectivity index (χ3n) is 5.30. The Morgan fingerprint density at radius 3 is 2.29 bits per heavy atom. The number of anilines is 1. The van der Waals surface area contributed by atoms with Crippen molar-refractivity contribution >= 4 is 15.8 Å². The first-order valence-corrected chi connectivity index (χ1v) is 11.8. The van der Waals surface area contributed by atoms with Crippen LogP contribution in [-0.4, -0.2) is 55.7 Å². The maximum absolute atomic E-state index is 12.9. The highest BCUT2D eigenvalue weighted by molar-refractivity contribution is 7.89. The Hall–Kier alpha value is -2.97. The van der Waals surface area contributed by atoms with E-state index in [1.165, 1.54) is 0 Å². The molecule has 0 aliphatic carbocycles. The fourth-order valence-corrected chi connectivity index (χ4v) is 5.15. The Balaban J connectivity index is 1.41. The van der Waals surface area contributed by atoms with Crippen molar-refractivity contribution in [3.05, 3.63) is 66.2 Å². The number of piperazine rings is 1. The van der Waals surface area contributed by atoms with Crippen LogP contribution in [0.2, 0.25) is 0 Å². The molecule has 0 amide bonds. The zero-order valence-corrected chi connectivity index (χ0v) is 18.5. The van der Waals surface area contributed by atoms with E-state index < -0.39 is 10.0 Å². The third kappa shape index (κ3) is 4.70. The summed E-state index contributed by atoms with van der Waals surface area (Å²) in [6, 6.07) is 18.7. The molecule has 1 aliphatic rings. The van der Waals surface area contributed by atoms with Gasteiger partial charge in [-0.15, -0.1) is 10.2 Å². The lowest BCUT2D eigenvalue weighted by Gasteiger charge is -2.34. The van der Waals surface area contributed by atoms with Gasteiger partial charge in [0.05, 0.1) is 17.2 Å². The number of hydrogen-bond donors (Lipinski definition) is 0. The van der Waals surface area contributed by atoms with Gasteiger partial charge in [0.2, 0.25) is 10.0 Å². The van der Waals surface area contributed by atoms with Crippen LogP contribution in [0.5, 0.6) is 5.75 Å². The summed E-state index contributed by atoms with van der Waals surface area (Å²) >= 11 is 0. The molecule has 0 radical (unpaired) electrons. The Morgan fingerprint density at radius 2 is 1.68 bits per heavy atom. The minimum absolute atomic E-state index is 0.348. The number of rotatable bonds is 6. The van der Waals surface area contributed by atoms with Crippen LogP contribution >= 0.6 is 0 Å². The first-order valence-electron chi connectivity index (χ1n) is 10.4. The summed E-state index contributed by atoms with van der Waals surface area (Å²) in [7, 11) is -3.48. The van der Waals surface area contributed by atoms with Crippen molar-refractivity contribution < 1.29 is 13.2 Å². The molecule has 2 heterocycles. The first-order chi connectivity index (χ1) is 15.0. The van der Waals surface area contributed by atoms with Crippen molar-refractivity contribution in [3.8, 4) is 17.0 Å². The van der Waals surface area contributed by atoms with Gasteiger partial charge in [0.25, 0.3) is 0 Å². The van der Waals surface area contributed by atoms with Gasteiger partial charge in [0.15, 0.2) is 5.82 Å². The predicted octanol–water partition coefficient (Wildman–Crippen LogP) is 3.36. The van der Waals surface area contributed by atoms with Gasteiger partial charge in [-0.3, -0.25) is 0 Å². The monoisotopic (exact) mass is 438 g/mol. The Morgan fingerprint density at radius 1 is 0.935 bits per heavy atom. The molecule has 8 heteroatoms. The largest absolute Gasteiger partial charge is 0.494 e. The highest BCUT2D eigenvalue weighted by atomic mass is 32.2. The molecule has 0 saturated carbocycles. The highest BCUT2D eigenvalue weighted by Gasteiger charge is 2.29. The quantitative estimate of drug-likeness (QED) is 0.587. The Labute approximate surface area is 183 Å². The molecule has 0 bridgehead atoms. The molecule has 4 rings (SSSR count). The molecule has 0 atom stereocenters. The summed E-state index contributed by atoms with van der Waals surface area (Å²) in [5, 5.41) is 8.73. The van der Waals surface area contributed by atoms with Crippen LogP contribution in [-0.2, 0) is 10.0 Å². The van der Waals surface area contributed by atoms with Crippen LogP contribution in [0.3, 0.4) is 0 Å². The molecule has 1 fully saturated rings. The second-order valence-electron chi connectivity index (χ2n) is 7.44. The van der Waals surface area contributed by atoms with Gasteiger partial charge < -0.3 is 9.64 Å². The standard InChI is InChI=1S/C23H26N4O3S/c1-3-30-20-9-7-19(8-10-20)22-11-12-23(25-24-22)26-13-15-27(16-14-26)31(28,29)21-6-4-5-18(2)17-21/h4-12,17H,3,13-16H2,1-2H3. The van der Waals surface area contributed by atoms with E-state index >= 15 is 0 Å². The molecule has 2 aromatic carbocycles. The minimum atomic E-state index is -3.48. The number of ether oxygens (including phenoxy) is 1. The van der Waals surface area contributed by atoms with Gasteiger partial charge >= 0.3 is 0 Å². The normalized spacial score (nSPS) is 15.1. The van der Waals surface area contributed by atoms with Crippen molar-refractivity contribution in [2.75, 3.05) is 37.7 Å². The van der Waals surface area contributed by atoms with Crippen molar-refractivity contribution in [1.29, 1.82) is 0 Å². The Kier molecular flexibility index (Phi) is 6.20. The fraction of sp³-hybridized carbons (Fsp3) is 0.304.